The van der Waals surface area contributed by atoms with Crippen LogP contribution >= 0.6 is 11.8 Å². The summed E-state index contributed by atoms with van der Waals surface area (Å²) in [4.78, 5) is 16.8. The Kier molecular flexibility index (Phi) is 6.76. The molecule has 176 valence electrons. The number of nitrogens with one attached hydrogen (secondary N) is 2. The van der Waals surface area contributed by atoms with Crippen molar-refractivity contribution in [1.82, 2.24) is 10.9 Å². The molecule has 5 rings (SSSR count). The lowest BCUT2D eigenvalue weighted by atomic mass is 9.94. The van der Waals surface area contributed by atoms with Gasteiger partial charge in [0.1, 0.15) is 11.5 Å². The molecule has 2 aliphatic rings. The number of fused-ring (bicyclic) bond motifs is 1. The molecule has 6 nitrogen and oxygen atoms in total. The van der Waals surface area contributed by atoms with Crippen LogP contribution in [-0.4, -0.2) is 33.2 Å². The smallest absolute Gasteiger partial charge is 0.228 e. The molecule has 0 saturated carbocycles. The molecule has 0 spiro atoms. The van der Waals surface area contributed by atoms with E-state index in [0.29, 0.717) is 13.0 Å². The van der Waals surface area contributed by atoms with Crippen molar-refractivity contribution in [2.45, 2.75) is 22.6 Å². The molecule has 2 heterocycles. The predicted octanol–water partition coefficient (Wildman–Crippen LogP) is 4.74. The van der Waals surface area contributed by atoms with Crippen LogP contribution in [0.2, 0.25) is 0 Å². The Bertz CT molecular complexity index is 1150. The average molecular weight is 476 g/mol. The Hall–Kier alpha value is -3.00. The highest BCUT2D eigenvalue weighted by Crippen LogP contribution is 2.48. The molecule has 0 aromatic heterocycles. The van der Waals surface area contributed by atoms with Gasteiger partial charge in [0.25, 0.3) is 0 Å². The highest BCUT2D eigenvalue weighted by atomic mass is 32.2. The number of rotatable bonds is 6. The van der Waals surface area contributed by atoms with Crippen LogP contribution in [0.25, 0.3) is 0 Å². The van der Waals surface area contributed by atoms with Gasteiger partial charge >= 0.3 is 0 Å². The summed E-state index contributed by atoms with van der Waals surface area (Å²) in [5, 5.41) is -0.00740. The van der Waals surface area contributed by atoms with Crippen LogP contribution in [0, 0.1) is 5.92 Å². The number of carbonyl (C=O) groups is 1. The summed E-state index contributed by atoms with van der Waals surface area (Å²) in [6.07, 6.45) is 0.417. The molecular weight excluding hydrogens is 446 g/mol. The number of ether oxygens (including phenoxy) is 2. The van der Waals surface area contributed by atoms with E-state index in [0.717, 1.165) is 34.2 Å². The molecule has 2 aliphatic heterocycles. The molecule has 0 aliphatic carbocycles. The second kappa shape index (κ2) is 10.1. The van der Waals surface area contributed by atoms with Gasteiger partial charge in [0.15, 0.2) is 0 Å². The second-order valence-electron chi connectivity index (χ2n) is 8.56. The fourth-order valence-electron chi connectivity index (χ4n) is 4.79. The lowest BCUT2D eigenvalue weighted by Crippen LogP contribution is -2.37. The quantitative estimate of drug-likeness (QED) is 0.537. The second-order valence-corrected chi connectivity index (χ2v) is 9.81. The summed E-state index contributed by atoms with van der Waals surface area (Å²) in [6.45, 7) is 1.41. The number of hydrogen-bond acceptors (Lipinski definition) is 6. The number of hydrogen-bond donors (Lipinski definition) is 2. The van der Waals surface area contributed by atoms with Crippen molar-refractivity contribution in [2.24, 2.45) is 5.92 Å². The summed E-state index contributed by atoms with van der Waals surface area (Å²) < 4.78 is 10.9. The van der Waals surface area contributed by atoms with Gasteiger partial charge in [-0.05, 0) is 35.9 Å². The Morgan fingerprint density at radius 2 is 1.74 bits per heavy atom. The number of hydrazine groups is 1. The Balaban J connectivity index is 1.43. The average Bonchev–Trinajstić information content (AvgIpc) is 3.30. The topological polar surface area (TPSA) is 62.8 Å². The summed E-state index contributed by atoms with van der Waals surface area (Å²) in [5.41, 5.74) is 9.92. The third-order valence-corrected chi connectivity index (χ3v) is 7.86. The maximum absolute atomic E-state index is 13.7. The van der Waals surface area contributed by atoms with Crippen LogP contribution in [0.3, 0.4) is 0 Å². The van der Waals surface area contributed by atoms with Gasteiger partial charge in [-0.15, -0.1) is 11.8 Å². The summed E-state index contributed by atoms with van der Waals surface area (Å²) >= 11 is 1.74. The minimum absolute atomic E-state index is 0.00740. The highest BCUT2D eigenvalue weighted by molar-refractivity contribution is 7.99. The third-order valence-electron chi connectivity index (χ3n) is 6.56. The Morgan fingerprint density at radius 1 is 0.971 bits per heavy atom. The van der Waals surface area contributed by atoms with E-state index in [-0.39, 0.29) is 23.1 Å². The number of amides is 1. The van der Waals surface area contributed by atoms with E-state index >= 15 is 0 Å². The van der Waals surface area contributed by atoms with E-state index in [1.165, 1.54) is 5.56 Å². The zero-order valence-corrected chi connectivity index (χ0v) is 20.2. The van der Waals surface area contributed by atoms with E-state index < -0.39 is 0 Å². The van der Waals surface area contributed by atoms with E-state index in [1.54, 1.807) is 26.0 Å². The molecule has 0 bridgehead atoms. The van der Waals surface area contributed by atoms with Crippen LogP contribution in [-0.2, 0) is 4.79 Å². The maximum atomic E-state index is 13.7. The molecule has 1 amide bonds. The van der Waals surface area contributed by atoms with Gasteiger partial charge in [-0.3, -0.25) is 10.2 Å². The van der Waals surface area contributed by atoms with Gasteiger partial charge in [0, 0.05) is 41.1 Å². The number of nitrogens with zero attached hydrogens (tertiary/aromatic N) is 1. The molecule has 1 fully saturated rings. The molecule has 3 atom stereocenters. The molecule has 1 saturated heterocycles. The van der Waals surface area contributed by atoms with Crippen molar-refractivity contribution >= 4 is 23.4 Å². The standard InChI is InChI=1S/C27H29N3O3S/c1-32-20-13-11-18(12-14-20)27-19(16-28-29-27)17-30-22-8-4-6-10-24(22)34-25(15-26(30)31)21-7-3-5-9-23(21)33-2/h3-14,19,25,27-29H,15-17H2,1-2H3. The van der Waals surface area contributed by atoms with Gasteiger partial charge in [-0.25, -0.2) is 5.43 Å². The van der Waals surface area contributed by atoms with Crippen molar-refractivity contribution in [2.75, 3.05) is 32.2 Å². The molecule has 7 heteroatoms. The fraction of sp³-hybridized carbons (Fsp3) is 0.296. The summed E-state index contributed by atoms with van der Waals surface area (Å²) in [7, 11) is 3.35. The first kappa shape index (κ1) is 22.8. The number of carbonyl (C=O) groups excluding carboxylic acids is 1. The largest absolute Gasteiger partial charge is 0.497 e. The predicted molar refractivity (Wildman–Crippen MR) is 135 cm³/mol. The first-order valence-electron chi connectivity index (χ1n) is 11.5. The zero-order chi connectivity index (χ0) is 23.5. The van der Waals surface area contributed by atoms with Crippen molar-refractivity contribution < 1.29 is 14.3 Å². The van der Waals surface area contributed by atoms with E-state index in [2.05, 4.69) is 41.2 Å². The van der Waals surface area contributed by atoms with Crippen LogP contribution in [0.1, 0.15) is 28.8 Å². The van der Waals surface area contributed by atoms with E-state index in [4.69, 9.17) is 9.47 Å². The Morgan fingerprint density at radius 3 is 2.53 bits per heavy atom. The number of benzene rings is 3. The van der Waals surface area contributed by atoms with Crippen LogP contribution in [0.4, 0.5) is 5.69 Å². The summed E-state index contributed by atoms with van der Waals surface area (Å²) in [5.74, 6) is 2.01. The van der Waals surface area contributed by atoms with Crippen LogP contribution in [0.5, 0.6) is 11.5 Å². The van der Waals surface area contributed by atoms with E-state index in [9.17, 15) is 4.79 Å². The number of anilines is 1. The van der Waals surface area contributed by atoms with Crippen molar-refractivity contribution in [1.29, 1.82) is 0 Å². The molecule has 3 aromatic rings. The maximum Gasteiger partial charge on any atom is 0.228 e. The van der Waals surface area contributed by atoms with Crippen molar-refractivity contribution in [3.05, 3.63) is 83.9 Å². The summed E-state index contributed by atoms with van der Waals surface area (Å²) in [6, 6.07) is 24.4. The SMILES string of the molecule is COc1ccc(C2NNCC2CN2C(=O)CC(c3ccccc3OC)Sc3ccccc32)cc1. The zero-order valence-electron chi connectivity index (χ0n) is 19.4. The van der Waals surface area contributed by atoms with Crippen molar-refractivity contribution in [3.63, 3.8) is 0 Å². The van der Waals surface area contributed by atoms with Gasteiger partial charge < -0.3 is 14.4 Å². The van der Waals surface area contributed by atoms with Gasteiger partial charge in [0.05, 0.1) is 25.9 Å². The van der Waals surface area contributed by atoms with Crippen LogP contribution in [0.15, 0.2) is 77.7 Å². The number of methoxy groups -OCH3 is 2. The van der Waals surface area contributed by atoms with E-state index in [1.807, 2.05) is 47.4 Å². The van der Waals surface area contributed by atoms with Crippen LogP contribution < -0.4 is 25.2 Å². The van der Waals surface area contributed by atoms with Gasteiger partial charge in [-0.2, -0.15) is 0 Å². The Labute approximate surface area is 204 Å². The first-order chi connectivity index (χ1) is 16.7. The lowest BCUT2D eigenvalue weighted by molar-refractivity contribution is -0.118. The minimum atomic E-state index is -0.00740. The first-order valence-corrected chi connectivity index (χ1v) is 12.4. The molecular formula is C27H29N3O3S. The van der Waals surface area contributed by atoms with Gasteiger partial charge in [0.2, 0.25) is 5.91 Å². The van der Waals surface area contributed by atoms with Crippen molar-refractivity contribution in [3.8, 4) is 11.5 Å². The molecule has 3 unspecified atom stereocenters. The molecule has 2 N–H and O–H groups in total. The molecule has 34 heavy (non-hydrogen) atoms. The monoisotopic (exact) mass is 475 g/mol. The number of thioether (sulfide) groups is 1. The number of para-hydroxylation sites is 2. The third kappa shape index (κ3) is 4.51. The normalized spacial score (nSPS) is 22.2. The minimum Gasteiger partial charge on any atom is -0.497 e. The fourth-order valence-corrected chi connectivity index (χ4v) is 6.10. The highest BCUT2D eigenvalue weighted by Gasteiger charge is 2.35. The lowest BCUT2D eigenvalue weighted by Gasteiger charge is -2.28. The molecule has 0 radical (unpaired) electrons. The van der Waals surface area contributed by atoms with Gasteiger partial charge in [-0.1, -0.05) is 42.5 Å². The molecule has 3 aromatic carbocycles.